The van der Waals surface area contributed by atoms with E-state index in [9.17, 15) is 14.9 Å². The average molecular weight is 376 g/mol. The maximum absolute atomic E-state index is 12.5. The Morgan fingerprint density at radius 1 is 1.44 bits per heavy atom. The number of benzene rings is 1. The van der Waals surface area contributed by atoms with Gasteiger partial charge in [-0.25, -0.2) is 19.8 Å². The zero-order chi connectivity index (χ0) is 19.4. The molecule has 1 aromatic carbocycles. The van der Waals surface area contributed by atoms with E-state index in [4.69, 9.17) is 9.47 Å². The summed E-state index contributed by atoms with van der Waals surface area (Å²) in [5.41, 5.74) is 1.93. The summed E-state index contributed by atoms with van der Waals surface area (Å²) in [6.45, 7) is 6.04. The Kier molecular flexibility index (Phi) is 5.90. The van der Waals surface area contributed by atoms with Crippen molar-refractivity contribution in [3.05, 3.63) is 45.5 Å². The van der Waals surface area contributed by atoms with Crippen LogP contribution >= 0.6 is 0 Å². The van der Waals surface area contributed by atoms with Gasteiger partial charge in [0.2, 0.25) is 0 Å². The number of amides is 1. The highest BCUT2D eigenvalue weighted by Crippen LogP contribution is 2.22. The summed E-state index contributed by atoms with van der Waals surface area (Å²) in [5.74, 6) is 0.300. The molecule has 1 amide bonds. The number of rotatable bonds is 5. The van der Waals surface area contributed by atoms with Crippen LogP contribution in [0.1, 0.15) is 24.5 Å². The lowest BCUT2D eigenvalue weighted by molar-refractivity contribution is -0.486. The van der Waals surface area contributed by atoms with E-state index in [0.29, 0.717) is 26.2 Å². The van der Waals surface area contributed by atoms with Crippen LogP contribution in [0.25, 0.3) is 0 Å². The van der Waals surface area contributed by atoms with E-state index in [2.05, 4.69) is 5.10 Å². The lowest BCUT2D eigenvalue weighted by atomic mass is 10.1. The summed E-state index contributed by atoms with van der Waals surface area (Å²) >= 11 is 0. The smallest absolute Gasteiger partial charge is 0.417 e. The molecule has 0 aromatic heterocycles. The molecule has 2 aliphatic rings. The normalized spacial score (nSPS) is 23.9. The number of carbonyl (C=O) groups is 1. The van der Waals surface area contributed by atoms with E-state index in [-0.39, 0.29) is 24.6 Å². The minimum absolute atomic E-state index is 0.0359. The van der Waals surface area contributed by atoms with E-state index in [1.807, 2.05) is 38.1 Å². The van der Waals surface area contributed by atoms with E-state index in [0.717, 1.165) is 17.5 Å². The van der Waals surface area contributed by atoms with Crippen LogP contribution in [-0.4, -0.2) is 59.2 Å². The van der Waals surface area contributed by atoms with Gasteiger partial charge in [0.25, 0.3) is 5.96 Å². The quantitative estimate of drug-likeness (QED) is 0.577. The van der Waals surface area contributed by atoms with Crippen LogP contribution in [0.3, 0.4) is 0 Å². The van der Waals surface area contributed by atoms with Gasteiger partial charge in [-0.2, -0.15) is 0 Å². The van der Waals surface area contributed by atoms with Gasteiger partial charge in [-0.05, 0) is 25.8 Å². The van der Waals surface area contributed by atoms with Crippen molar-refractivity contribution in [3.63, 3.8) is 0 Å². The second-order valence-corrected chi connectivity index (χ2v) is 7.02. The first-order chi connectivity index (χ1) is 12.9. The molecule has 2 atom stereocenters. The van der Waals surface area contributed by atoms with Gasteiger partial charge in [-0.1, -0.05) is 29.8 Å². The van der Waals surface area contributed by atoms with Crippen molar-refractivity contribution in [2.45, 2.75) is 33.0 Å². The number of hydrogen-bond donors (Lipinski definition) is 0. The Bertz CT molecular complexity index is 738. The molecular formula is C18H24N4O5. The molecule has 2 aliphatic heterocycles. The molecule has 0 aliphatic carbocycles. The second-order valence-electron chi connectivity index (χ2n) is 7.02. The molecule has 0 spiro atoms. The maximum Gasteiger partial charge on any atom is 0.417 e. The summed E-state index contributed by atoms with van der Waals surface area (Å²) in [5, 5.41) is 13.6. The lowest BCUT2D eigenvalue weighted by Gasteiger charge is -2.21. The predicted octanol–water partition coefficient (Wildman–Crippen LogP) is 2.22. The Hall–Kier alpha value is -2.68. The molecule has 2 saturated heterocycles. The van der Waals surface area contributed by atoms with Crippen LogP contribution in [0.4, 0.5) is 4.79 Å². The number of hydrogen-bond acceptors (Lipinski definition) is 5. The van der Waals surface area contributed by atoms with Crippen LogP contribution < -0.4 is 0 Å². The summed E-state index contributed by atoms with van der Waals surface area (Å²) in [6, 6.07) is 7.64. The largest absolute Gasteiger partial charge is 0.444 e. The van der Waals surface area contributed by atoms with Gasteiger partial charge in [-0.3, -0.25) is 0 Å². The lowest BCUT2D eigenvalue weighted by Crippen LogP contribution is -2.40. The van der Waals surface area contributed by atoms with Crippen LogP contribution in [0.15, 0.2) is 29.4 Å². The summed E-state index contributed by atoms with van der Waals surface area (Å²) in [6.07, 6.45) is 0.444. The number of guanidine groups is 1. The molecule has 2 fully saturated rings. The number of ether oxygens (including phenoxy) is 2. The zero-order valence-corrected chi connectivity index (χ0v) is 15.5. The summed E-state index contributed by atoms with van der Waals surface area (Å²) in [4.78, 5) is 26.4. The SMILES string of the molecule is Cc1cccc(COC(=O)N2CCN(CC3COC(C)C3)C2=N[N+](=O)[O-])c1. The minimum Gasteiger partial charge on any atom is -0.444 e. The van der Waals surface area contributed by atoms with Crippen LogP contribution in [0.2, 0.25) is 0 Å². The molecular weight excluding hydrogens is 352 g/mol. The molecule has 1 aromatic rings. The second kappa shape index (κ2) is 8.34. The Morgan fingerprint density at radius 2 is 2.26 bits per heavy atom. The maximum atomic E-state index is 12.5. The Labute approximate surface area is 157 Å². The highest BCUT2D eigenvalue weighted by atomic mass is 16.7. The monoisotopic (exact) mass is 376 g/mol. The Balaban J connectivity index is 1.64. The van der Waals surface area contributed by atoms with Crippen molar-refractivity contribution in [2.75, 3.05) is 26.2 Å². The first-order valence-electron chi connectivity index (χ1n) is 9.01. The van der Waals surface area contributed by atoms with Crippen molar-refractivity contribution in [1.29, 1.82) is 0 Å². The molecule has 0 N–H and O–H groups in total. The molecule has 2 unspecified atom stereocenters. The standard InChI is InChI=1S/C18H24N4O5/c1-13-4-3-5-15(8-13)11-27-18(23)21-7-6-20(17(21)19-22(24)25)10-16-9-14(2)26-12-16/h3-5,8,14,16H,6-7,9-12H2,1-2H3. The van der Waals surface area contributed by atoms with E-state index >= 15 is 0 Å². The van der Waals surface area contributed by atoms with Gasteiger partial charge in [0.05, 0.1) is 19.3 Å². The number of aryl methyl sites for hydroxylation is 1. The van der Waals surface area contributed by atoms with Crippen LogP contribution in [0.5, 0.6) is 0 Å². The fourth-order valence-corrected chi connectivity index (χ4v) is 3.50. The summed E-state index contributed by atoms with van der Waals surface area (Å²) in [7, 11) is 0. The third-order valence-electron chi connectivity index (χ3n) is 4.71. The number of nitro groups is 1. The fourth-order valence-electron chi connectivity index (χ4n) is 3.50. The molecule has 0 radical (unpaired) electrons. The van der Waals surface area contributed by atoms with E-state index in [1.54, 1.807) is 4.90 Å². The fraction of sp³-hybridized carbons (Fsp3) is 0.556. The summed E-state index contributed by atoms with van der Waals surface area (Å²) < 4.78 is 10.9. The predicted molar refractivity (Wildman–Crippen MR) is 97.6 cm³/mol. The first-order valence-corrected chi connectivity index (χ1v) is 9.01. The number of nitrogens with zero attached hydrogens (tertiary/aromatic N) is 4. The average Bonchev–Trinajstić information content (AvgIpc) is 3.19. The van der Waals surface area contributed by atoms with Crippen molar-refractivity contribution < 1.29 is 19.3 Å². The van der Waals surface area contributed by atoms with Gasteiger partial charge >= 0.3 is 6.09 Å². The van der Waals surface area contributed by atoms with Crippen molar-refractivity contribution in [3.8, 4) is 0 Å². The molecule has 2 heterocycles. The van der Waals surface area contributed by atoms with Gasteiger partial charge in [0.1, 0.15) is 11.7 Å². The Morgan fingerprint density at radius 3 is 2.93 bits per heavy atom. The molecule has 9 nitrogen and oxygen atoms in total. The molecule has 146 valence electrons. The third-order valence-corrected chi connectivity index (χ3v) is 4.71. The first kappa shape index (κ1) is 19.1. The molecule has 9 heteroatoms. The molecule has 0 saturated carbocycles. The molecule has 0 bridgehead atoms. The van der Waals surface area contributed by atoms with Gasteiger partial charge in [0, 0.05) is 19.0 Å². The van der Waals surface area contributed by atoms with Crippen molar-refractivity contribution in [2.24, 2.45) is 11.0 Å². The van der Waals surface area contributed by atoms with Crippen LogP contribution in [0, 0.1) is 23.0 Å². The minimum atomic E-state index is -0.776. The topological polar surface area (TPSA) is 97.5 Å². The third kappa shape index (κ3) is 4.94. The molecule has 3 rings (SSSR count). The molecule has 27 heavy (non-hydrogen) atoms. The highest BCUT2D eigenvalue weighted by molar-refractivity contribution is 5.95. The van der Waals surface area contributed by atoms with Crippen molar-refractivity contribution >= 4 is 12.1 Å². The van der Waals surface area contributed by atoms with Crippen LogP contribution in [-0.2, 0) is 16.1 Å². The highest BCUT2D eigenvalue weighted by Gasteiger charge is 2.37. The number of hydrazone groups is 1. The van der Waals surface area contributed by atoms with E-state index < -0.39 is 11.1 Å². The van der Waals surface area contributed by atoms with Crippen molar-refractivity contribution in [1.82, 2.24) is 9.80 Å². The van der Waals surface area contributed by atoms with Gasteiger partial charge < -0.3 is 14.4 Å². The number of carbonyl (C=O) groups excluding carboxylic acids is 1. The van der Waals surface area contributed by atoms with Gasteiger partial charge in [0.15, 0.2) is 5.03 Å². The van der Waals surface area contributed by atoms with E-state index in [1.165, 1.54) is 4.90 Å². The zero-order valence-electron chi connectivity index (χ0n) is 15.5. The van der Waals surface area contributed by atoms with Gasteiger partial charge in [-0.15, -0.1) is 0 Å².